The largest absolute Gasteiger partial charge is 0.480 e. The standard InChI is InChI=1S/C12H13NO4/c1-8-10(11(14)15)13(8)12(16)17-7-9-5-3-2-4-6-9/h2-6,8,10H,7H2,1H3,(H,14,15)/t8-,10+,13?/m1/s1. The molecule has 0 unspecified atom stereocenters. The molecular weight excluding hydrogens is 222 g/mol. The third-order valence-electron chi connectivity index (χ3n) is 2.77. The Hall–Kier alpha value is -2.04. The van der Waals surface area contributed by atoms with Crippen LogP contribution in [-0.4, -0.2) is 34.2 Å². The molecule has 5 nitrogen and oxygen atoms in total. The maximum absolute atomic E-state index is 11.5. The summed E-state index contributed by atoms with van der Waals surface area (Å²) in [6.45, 7) is 1.85. The number of benzene rings is 1. The van der Waals surface area contributed by atoms with Gasteiger partial charge in [0.2, 0.25) is 0 Å². The Labute approximate surface area is 98.6 Å². The van der Waals surface area contributed by atoms with Crippen LogP contribution in [0, 0.1) is 0 Å². The van der Waals surface area contributed by atoms with Crippen LogP contribution in [0.5, 0.6) is 0 Å². The van der Waals surface area contributed by atoms with E-state index in [-0.39, 0.29) is 12.6 Å². The smallest absolute Gasteiger partial charge is 0.411 e. The van der Waals surface area contributed by atoms with Crippen molar-refractivity contribution in [3.63, 3.8) is 0 Å². The second-order valence-electron chi connectivity index (χ2n) is 3.97. The van der Waals surface area contributed by atoms with Crippen LogP contribution in [0.25, 0.3) is 0 Å². The zero-order valence-corrected chi connectivity index (χ0v) is 9.37. The van der Waals surface area contributed by atoms with E-state index in [1.54, 1.807) is 6.92 Å². The summed E-state index contributed by atoms with van der Waals surface area (Å²) in [6, 6.07) is 8.24. The molecule has 2 atom stereocenters. The monoisotopic (exact) mass is 235 g/mol. The zero-order valence-electron chi connectivity index (χ0n) is 9.37. The van der Waals surface area contributed by atoms with Gasteiger partial charge in [-0.25, -0.2) is 9.59 Å². The fourth-order valence-electron chi connectivity index (χ4n) is 1.75. The van der Waals surface area contributed by atoms with E-state index in [0.29, 0.717) is 0 Å². The summed E-state index contributed by atoms with van der Waals surface area (Å²) in [5.41, 5.74) is 0.877. The normalized spacial score (nSPS) is 22.1. The third kappa shape index (κ3) is 2.38. The Bertz CT molecular complexity index is 431. The van der Waals surface area contributed by atoms with Gasteiger partial charge in [-0.2, -0.15) is 0 Å². The second kappa shape index (κ2) is 4.45. The van der Waals surface area contributed by atoms with E-state index in [1.165, 1.54) is 4.90 Å². The van der Waals surface area contributed by atoms with Crippen LogP contribution in [0.15, 0.2) is 30.3 Å². The molecule has 5 heteroatoms. The summed E-state index contributed by atoms with van der Waals surface area (Å²) < 4.78 is 5.03. The molecule has 1 heterocycles. The lowest BCUT2D eigenvalue weighted by atomic mass is 10.2. The lowest BCUT2D eigenvalue weighted by Gasteiger charge is -2.05. The summed E-state index contributed by atoms with van der Waals surface area (Å²) in [6.07, 6.45) is -0.575. The molecule has 1 aromatic carbocycles. The summed E-state index contributed by atoms with van der Waals surface area (Å²) in [4.78, 5) is 23.5. The number of nitrogens with zero attached hydrogens (tertiary/aromatic N) is 1. The van der Waals surface area contributed by atoms with Gasteiger partial charge in [-0.05, 0) is 12.5 Å². The zero-order chi connectivity index (χ0) is 12.4. The van der Waals surface area contributed by atoms with Gasteiger partial charge in [-0.1, -0.05) is 30.3 Å². The molecule has 0 aromatic heterocycles. The van der Waals surface area contributed by atoms with E-state index in [1.807, 2.05) is 30.3 Å². The summed E-state index contributed by atoms with van der Waals surface area (Å²) in [5.74, 6) is -0.992. The maximum Gasteiger partial charge on any atom is 0.411 e. The number of amides is 1. The SMILES string of the molecule is C[C@@H]1[C@@H](C(=O)O)N1C(=O)OCc1ccccc1. The lowest BCUT2D eigenvalue weighted by molar-refractivity contribution is -0.137. The highest BCUT2D eigenvalue weighted by atomic mass is 16.6. The van der Waals surface area contributed by atoms with E-state index in [2.05, 4.69) is 0 Å². The highest BCUT2D eigenvalue weighted by molar-refractivity contribution is 5.86. The van der Waals surface area contributed by atoms with Crippen LogP contribution in [-0.2, 0) is 16.1 Å². The molecule has 0 radical (unpaired) electrons. The van der Waals surface area contributed by atoms with Gasteiger partial charge in [-0.15, -0.1) is 0 Å². The van der Waals surface area contributed by atoms with Crippen LogP contribution in [0.3, 0.4) is 0 Å². The number of hydrogen-bond donors (Lipinski definition) is 1. The molecule has 0 bridgehead atoms. The summed E-state index contributed by atoms with van der Waals surface area (Å²) in [7, 11) is 0. The van der Waals surface area contributed by atoms with Gasteiger partial charge in [-0.3, -0.25) is 4.90 Å². The number of ether oxygens (including phenoxy) is 1. The minimum atomic E-state index is -0.992. The molecule has 0 spiro atoms. The second-order valence-corrected chi connectivity index (χ2v) is 3.97. The van der Waals surface area contributed by atoms with Crippen molar-refractivity contribution in [1.29, 1.82) is 0 Å². The van der Waals surface area contributed by atoms with Gasteiger partial charge in [0.05, 0.1) is 6.04 Å². The van der Waals surface area contributed by atoms with Crippen LogP contribution in [0.4, 0.5) is 4.79 Å². The molecule has 1 aromatic rings. The molecular formula is C12H13NO4. The van der Waals surface area contributed by atoms with Gasteiger partial charge in [0.1, 0.15) is 6.61 Å². The molecule has 1 amide bonds. The molecule has 1 fully saturated rings. The van der Waals surface area contributed by atoms with E-state index in [4.69, 9.17) is 9.84 Å². The van der Waals surface area contributed by atoms with Crippen molar-refractivity contribution >= 4 is 12.1 Å². The average Bonchev–Trinajstić information content (AvgIpc) is 2.99. The molecule has 1 saturated heterocycles. The van der Waals surface area contributed by atoms with Crippen molar-refractivity contribution in [2.24, 2.45) is 0 Å². The first-order chi connectivity index (χ1) is 8.11. The molecule has 17 heavy (non-hydrogen) atoms. The lowest BCUT2D eigenvalue weighted by Crippen LogP contribution is -2.19. The molecule has 0 aliphatic carbocycles. The van der Waals surface area contributed by atoms with Crippen LogP contribution in [0.2, 0.25) is 0 Å². The first kappa shape index (κ1) is 11.4. The van der Waals surface area contributed by atoms with Crippen molar-refractivity contribution in [3.8, 4) is 0 Å². The maximum atomic E-state index is 11.5. The van der Waals surface area contributed by atoms with E-state index < -0.39 is 18.1 Å². The highest BCUT2D eigenvalue weighted by Crippen LogP contribution is 2.29. The summed E-state index contributed by atoms with van der Waals surface area (Å²) >= 11 is 0. The predicted octanol–water partition coefficient (Wildman–Crippen LogP) is 1.48. The number of carbonyl (C=O) groups excluding carboxylic acids is 1. The number of hydrogen-bond acceptors (Lipinski definition) is 3. The van der Waals surface area contributed by atoms with Crippen molar-refractivity contribution in [2.75, 3.05) is 0 Å². The first-order valence-electron chi connectivity index (χ1n) is 5.33. The minimum Gasteiger partial charge on any atom is -0.480 e. The fraction of sp³-hybridized carbons (Fsp3) is 0.333. The highest BCUT2D eigenvalue weighted by Gasteiger charge is 2.53. The van der Waals surface area contributed by atoms with E-state index in [9.17, 15) is 9.59 Å². The van der Waals surface area contributed by atoms with Crippen molar-refractivity contribution in [1.82, 2.24) is 4.90 Å². The fourth-order valence-corrected chi connectivity index (χ4v) is 1.75. The summed E-state index contributed by atoms with van der Waals surface area (Å²) in [5, 5.41) is 8.78. The topological polar surface area (TPSA) is 66.6 Å². The molecule has 1 N–H and O–H groups in total. The number of carboxylic acids is 1. The van der Waals surface area contributed by atoms with Gasteiger partial charge in [0, 0.05) is 0 Å². The Kier molecular flexibility index (Phi) is 2.99. The van der Waals surface area contributed by atoms with Gasteiger partial charge in [0.15, 0.2) is 6.04 Å². The first-order valence-corrected chi connectivity index (χ1v) is 5.33. The van der Waals surface area contributed by atoms with Gasteiger partial charge in [0.25, 0.3) is 0 Å². The van der Waals surface area contributed by atoms with E-state index >= 15 is 0 Å². The number of rotatable bonds is 3. The van der Waals surface area contributed by atoms with Crippen LogP contribution in [0.1, 0.15) is 12.5 Å². The molecule has 2 rings (SSSR count). The van der Waals surface area contributed by atoms with Crippen molar-refractivity contribution in [2.45, 2.75) is 25.6 Å². The predicted molar refractivity (Wildman–Crippen MR) is 59.4 cm³/mol. The number of carbonyl (C=O) groups is 2. The Morgan fingerprint density at radius 2 is 2.00 bits per heavy atom. The van der Waals surface area contributed by atoms with Crippen molar-refractivity contribution < 1.29 is 19.4 Å². The minimum absolute atomic E-state index is 0.162. The quantitative estimate of drug-likeness (QED) is 0.806. The molecule has 0 saturated carbocycles. The molecule has 1 aliphatic rings. The van der Waals surface area contributed by atoms with E-state index in [0.717, 1.165) is 5.56 Å². The molecule has 90 valence electrons. The number of carboxylic acid groups (broad SMARTS) is 1. The van der Waals surface area contributed by atoms with Gasteiger partial charge < -0.3 is 9.84 Å². The Morgan fingerprint density at radius 1 is 1.35 bits per heavy atom. The van der Waals surface area contributed by atoms with Gasteiger partial charge >= 0.3 is 12.1 Å². The van der Waals surface area contributed by atoms with Crippen LogP contribution >= 0.6 is 0 Å². The Morgan fingerprint density at radius 3 is 2.53 bits per heavy atom. The van der Waals surface area contributed by atoms with Crippen LogP contribution < -0.4 is 0 Å². The Balaban J connectivity index is 1.85. The van der Waals surface area contributed by atoms with Crippen molar-refractivity contribution in [3.05, 3.63) is 35.9 Å². The number of aliphatic carboxylic acids is 1. The molecule has 1 aliphatic heterocycles. The third-order valence-corrected chi connectivity index (χ3v) is 2.77. The average molecular weight is 235 g/mol.